The van der Waals surface area contributed by atoms with E-state index in [4.69, 9.17) is 11.6 Å². The summed E-state index contributed by atoms with van der Waals surface area (Å²) in [6.07, 6.45) is 4.09. The summed E-state index contributed by atoms with van der Waals surface area (Å²) in [4.78, 5) is 12.4. The normalized spacial score (nSPS) is 10.5. The van der Waals surface area contributed by atoms with Crippen LogP contribution >= 0.6 is 34.7 Å². The van der Waals surface area contributed by atoms with Gasteiger partial charge in [0.25, 0.3) is 0 Å². The second-order valence-electron chi connectivity index (χ2n) is 2.70. The monoisotopic (exact) mass is 257 g/mol. The van der Waals surface area contributed by atoms with Crippen LogP contribution < -0.4 is 0 Å². The van der Waals surface area contributed by atoms with E-state index >= 15 is 0 Å². The Labute approximate surface area is 101 Å². The SMILES string of the molecule is CCc1c(Cl)ncnc1Sc1nccs1. The first-order chi connectivity index (χ1) is 7.31. The zero-order valence-electron chi connectivity index (χ0n) is 7.98. The Kier molecular flexibility index (Phi) is 3.56. The highest BCUT2D eigenvalue weighted by atomic mass is 35.5. The highest BCUT2D eigenvalue weighted by Crippen LogP contribution is 2.32. The fourth-order valence-electron chi connectivity index (χ4n) is 1.10. The maximum absolute atomic E-state index is 5.99. The van der Waals surface area contributed by atoms with Crippen LogP contribution in [0.1, 0.15) is 12.5 Å². The summed E-state index contributed by atoms with van der Waals surface area (Å²) in [6.45, 7) is 2.04. The lowest BCUT2D eigenvalue weighted by atomic mass is 10.3. The number of nitrogens with zero attached hydrogens (tertiary/aromatic N) is 3. The number of aromatic nitrogens is 3. The van der Waals surface area contributed by atoms with Gasteiger partial charge in [-0.1, -0.05) is 18.5 Å². The minimum Gasteiger partial charge on any atom is -0.238 e. The lowest BCUT2D eigenvalue weighted by Crippen LogP contribution is -1.93. The molecule has 0 amide bonds. The molecule has 0 unspecified atom stereocenters. The van der Waals surface area contributed by atoms with Crippen LogP contribution in [0.25, 0.3) is 0 Å². The third-order valence-electron chi connectivity index (χ3n) is 1.80. The average molecular weight is 258 g/mol. The largest absolute Gasteiger partial charge is 0.238 e. The molecule has 0 radical (unpaired) electrons. The van der Waals surface area contributed by atoms with Crippen LogP contribution in [0.4, 0.5) is 0 Å². The van der Waals surface area contributed by atoms with Gasteiger partial charge in [-0.2, -0.15) is 0 Å². The molecule has 6 heteroatoms. The summed E-state index contributed by atoms with van der Waals surface area (Å²) in [5.41, 5.74) is 0.986. The molecule has 0 N–H and O–H groups in total. The van der Waals surface area contributed by atoms with Crippen molar-refractivity contribution in [2.75, 3.05) is 0 Å². The molecule has 2 rings (SSSR count). The zero-order chi connectivity index (χ0) is 10.7. The van der Waals surface area contributed by atoms with Crippen molar-refractivity contribution >= 4 is 34.7 Å². The van der Waals surface area contributed by atoms with Gasteiger partial charge in [-0.3, -0.25) is 0 Å². The number of thiazole rings is 1. The van der Waals surface area contributed by atoms with E-state index < -0.39 is 0 Å². The number of hydrogen-bond donors (Lipinski definition) is 0. The van der Waals surface area contributed by atoms with Gasteiger partial charge in [0.2, 0.25) is 0 Å². The first-order valence-electron chi connectivity index (χ1n) is 4.38. The second-order valence-corrected chi connectivity index (χ2v) is 5.19. The Morgan fingerprint density at radius 2 is 2.27 bits per heavy atom. The summed E-state index contributed by atoms with van der Waals surface area (Å²) in [7, 11) is 0. The third kappa shape index (κ3) is 2.48. The van der Waals surface area contributed by atoms with Gasteiger partial charge in [0, 0.05) is 17.1 Å². The predicted molar refractivity (Wildman–Crippen MR) is 62.7 cm³/mol. The van der Waals surface area contributed by atoms with E-state index in [0.717, 1.165) is 21.3 Å². The molecule has 0 bridgehead atoms. The number of hydrogen-bond acceptors (Lipinski definition) is 5. The molecule has 3 nitrogen and oxygen atoms in total. The molecule has 0 saturated heterocycles. The fraction of sp³-hybridized carbons (Fsp3) is 0.222. The molecule has 15 heavy (non-hydrogen) atoms. The summed E-state index contributed by atoms with van der Waals surface area (Å²) in [5.74, 6) is 0. The topological polar surface area (TPSA) is 38.7 Å². The lowest BCUT2D eigenvalue weighted by Gasteiger charge is -2.04. The van der Waals surface area contributed by atoms with Crippen LogP contribution in [-0.4, -0.2) is 15.0 Å². The molecule has 0 aromatic carbocycles. The molecular weight excluding hydrogens is 250 g/mol. The second kappa shape index (κ2) is 4.92. The Balaban J connectivity index is 2.32. The minimum atomic E-state index is 0.534. The smallest absolute Gasteiger partial charge is 0.156 e. The van der Waals surface area contributed by atoms with Crippen LogP contribution in [-0.2, 0) is 6.42 Å². The maximum atomic E-state index is 5.99. The number of rotatable bonds is 3. The molecule has 0 saturated carbocycles. The standard InChI is InChI=1S/C9H8ClN3S2/c1-2-6-7(10)12-5-13-8(6)15-9-11-3-4-14-9/h3-5H,2H2,1H3. The molecule has 2 heterocycles. The van der Waals surface area contributed by atoms with Crippen molar-refractivity contribution in [2.45, 2.75) is 22.7 Å². The van der Waals surface area contributed by atoms with E-state index in [-0.39, 0.29) is 0 Å². The highest BCUT2D eigenvalue weighted by Gasteiger charge is 2.10. The molecule has 0 aliphatic carbocycles. The predicted octanol–water partition coefficient (Wildman–Crippen LogP) is 3.30. The van der Waals surface area contributed by atoms with Crippen molar-refractivity contribution in [1.29, 1.82) is 0 Å². The number of halogens is 1. The van der Waals surface area contributed by atoms with Gasteiger partial charge in [-0.15, -0.1) is 11.3 Å². The molecule has 2 aromatic heterocycles. The van der Waals surface area contributed by atoms with Crippen molar-refractivity contribution < 1.29 is 0 Å². The van der Waals surface area contributed by atoms with Crippen molar-refractivity contribution in [1.82, 2.24) is 15.0 Å². The van der Waals surface area contributed by atoms with E-state index in [2.05, 4.69) is 15.0 Å². The zero-order valence-corrected chi connectivity index (χ0v) is 10.4. The molecule has 2 aromatic rings. The van der Waals surface area contributed by atoms with Crippen LogP contribution in [0.3, 0.4) is 0 Å². The molecule has 0 aliphatic rings. The average Bonchev–Trinajstić information content (AvgIpc) is 2.71. The van der Waals surface area contributed by atoms with Gasteiger partial charge < -0.3 is 0 Å². The Morgan fingerprint density at radius 1 is 1.40 bits per heavy atom. The van der Waals surface area contributed by atoms with Gasteiger partial charge in [0.15, 0.2) is 4.34 Å². The van der Waals surface area contributed by atoms with Crippen LogP contribution in [0, 0.1) is 0 Å². The Bertz CT molecular complexity index is 445. The van der Waals surface area contributed by atoms with E-state index in [9.17, 15) is 0 Å². The Hall–Kier alpha value is -0.650. The summed E-state index contributed by atoms with van der Waals surface area (Å²) in [5, 5.41) is 3.37. The van der Waals surface area contributed by atoms with Crippen molar-refractivity contribution in [3.8, 4) is 0 Å². The highest BCUT2D eigenvalue weighted by molar-refractivity contribution is 8.01. The third-order valence-corrected chi connectivity index (χ3v) is 4.05. The van der Waals surface area contributed by atoms with Crippen LogP contribution in [0.2, 0.25) is 5.15 Å². The molecule has 0 atom stereocenters. The lowest BCUT2D eigenvalue weighted by molar-refractivity contribution is 0.943. The summed E-state index contributed by atoms with van der Waals surface area (Å²) in [6, 6.07) is 0. The Morgan fingerprint density at radius 3 is 2.93 bits per heavy atom. The van der Waals surface area contributed by atoms with Crippen molar-refractivity contribution in [3.63, 3.8) is 0 Å². The van der Waals surface area contributed by atoms with Gasteiger partial charge in [0.1, 0.15) is 16.5 Å². The summed E-state index contributed by atoms with van der Waals surface area (Å²) < 4.78 is 0.972. The van der Waals surface area contributed by atoms with Crippen LogP contribution in [0.15, 0.2) is 27.3 Å². The molecule has 0 aliphatic heterocycles. The van der Waals surface area contributed by atoms with Crippen molar-refractivity contribution in [2.24, 2.45) is 0 Å². The fourth-order valence-corrected chi connectivity index (χ4v) is 3.13. The maximum Gasteiger partial charge on any atom is 0.156 e. The van der Waals surface area contributed by atoms with E-state index in [1.54, 1.807) is 17.5 Å². The van der Waals surface area contributed by atoms with Crippen LogP contribution in [0.5, 0.6) is 0 Å². The van der Waals surface area contributed by atoms with Gasteiger partial charge in [0.05, 0.1) is 0 Å². The van der Waals surface area contributed by atoms with E-state index in [1.165, 1.54) is 18.1 Å². The minimum absolute atomic E-state index is 0.534. The van der Waals surface area contributed by atoms with Gasteiger partial charge in [-0.05, 0) is 18.2 Å². The molecular formula is C9H8ClN3S2. The first-order valence-corrected chi connectivity index (χ1v) is 6.45. The molecule has 0 spiro atoms. The summed E-state index contributed by atoms with van der Waals surface area (Å²) >= 11 is 9.11. The van der Waals surface area contributed by atoms with Crippen molar-refractivity contribution in [3.05, 3.63) is 28.6 Å². The van der Waals surface area contributed by atoms with Gasteiger partial charge in [-0.25, -0.2) is 15.0 Å². The molecule has 0 fully saturated rings. The first kappa shape index (κ1) is 10.9. The quantitative estimate of drug-likeness (QED) is 0.791. The van der Waals surface area contributed by atoms with E-state index in [1.807, 2.05) is 12.3 Å². The van der Waals surface area contributed by atoms with Gasteiger partial charge >= 0.3 is 0 Å². The molecule has 78 valence electrons. The van der Waals surface area contributed by atoms with E-state index in [0.29, 0.717) is 5.15 Å².